The van der Waals surface area contributed by atoms with Crippen molar-refractivity contribution in [3.05, 3.63) is 0 Å². The van der Waals surface area contributed by atoms with E-state index in [9.17, 15) is 0 Å². The van der Waals surface area contributed by atoms with Gasteiger partial charge in [0, 0.05) is 37.0 Å². The molecule has 1 unspecified atom stereocenters. The van der Waals surface area contributed by atoms with Crippen LogP contribution in [0.25, 0.3) is 0 Å². The molecule has 1 atom stereocenters. The van der Waals surface area contributed by atoms with Crippen molar-refractivity contribution in [2.75, 3.05) is 39.0 Å². The summed E-state index contributed by atoms with van der Waals surface area (Å²) in [6, 6.07) is 0.641. The predicted octanol–water partition coefficient (Wildman–Crippen LogP) is 1.58. The smallest absolute Gasteiger partial charge is 0.0826 e. The summed E-state index contributed by atoms with van der Waals surface area (Å²) in [7, 11) is 0. The fourth-order valence-corrected chi connectivity index (χ4v) is 3.14. The Bertz CT molecular complexity index is 244. The van der Waals surface area contributed by atoms with Crippen LogP contribution in [0.4, 0.5) is 0 Å². The van der Waals surface area contributed by atoms with E-state index in [1.807, 2.05) is 11.8 Å². The molecule has 0 spiro atoms. The molecule has 2 aliphatic rings. The van der Waals surface area contributed by atoms with Crippen molar-refractivity contribution in [2.24, 2.45) is 0 Å². The molecule has 4 heteroatoms. The topological polar surface area (TPSA) is 24.5 Å². The lowest BCUT2D eigenvalue weighted by Gasteiger charge is -2.35. The Labute approximate surface area is 110 Å². The summed E-state index contributed by atoms with van der Waals surface area (Å²) in [4.78, 5) is 2.51. The maximum absolute atomic E-state index is 5.82. The summed E-state index contributed by atoms with van der Waals surface area (Å²) in [5, 5.41) is 3.60. The molecular formula is C13H26N2OS. The molecule has 0 bridgehead atoms. The number of rotatable bonds is 6. The van der Waals surface area contributed by atoms with E-state index in [4.69, 9.17) is 4.74 Å². The molecule has 0 aromatic heterocycles. The molecule has 1 saturated carbocycles. The van der Waals surface area contributed by atoms with Gasteiger partial charge in [-0.3, -0.25) is 4.90 Å². The number of ether oxygens (including phenoxy) is 1. The van der Waals surface area contributed by atoms with Gasteiger partial charge in [-0.05, 0) is 32.9 Å². The van der Waals surface area contributed by atoms with Crippen LogP contribution in [0.3, 0.4) is 0 Å². The van der Waals surface area contributed by atoms with E-state index < -0.39 is 0 Å². The molecule has 100 valence electrons. The molecule has 3 nitrogen and oxygen atoms in total. The summed E-state index contributed by atoms with van der Waals surface area (Å²) < 4.78 is 6.38. The first-order valence-corrected chi connectivity index (χ1v) is 7.99. The third-order valence-electron chi connectivity index (χ3n) is 3.96. The van der Waals surface area contributed by atoms with Crippen LogP contribution in [0, 0.1) is 0 Å². The Morgan fingerprint density at radius 3 is 2.82 bits per heavy atom. The van der Waals surface area contributed by atoms with Gasteiger partial charge in [-0.25, -0.2) is 0 Å². The molecule has 1 heterocycles. The van der Waals surface area contributed by atoms with Gasteiger partial charge in [0.2, 0.25) is 0 Å². The highest BCUT2D eigenvalue weighted by molar-refractivity contribution is 8.00. The highest BCUT2D eigenvalue weighted by atomic mass is 32.2. The Balaban J connectivity index is 1.65. The molecule has 2 rings (SSSR count). The molecule has 0 amide bonds. The maximum atomic E-state index is 5.82. The Kier molecular flexibility index (Phi) is 4.75. The first-order chi connectivity index (χ1) is 8.15. The molecule has 0 aromatic rings. The van der Waals surface area contributed by atoms with E-state index in [-0.39, 0.29) is 0 Å². The average molecular weight is 258 g/mol. The lowest BCUT2D eigenvalue weighted by molar-refractivity contribution is -0.0370. The summed E-state index contributed by atoms with van der Waals surface area (Å²) in [6.45, 7) is 9.74. The predicted molar refractivity (Wildman–Crippen MR) is 74.8 cm³/mol. The van der Waals surface area contributed by atoms with Crippen molar-refractivity contribution >= 4 is 11.8 Å². The van der Waals surface area contributed by atoms with Gasteiger partial charge in [0.1, 0.15) is 0 Å². The SMILES string of the molecule is CSC1(CNCC2CN(C(C)C)CCO2)CC1. The summed E-state index contributed by atoms with van der Waals surface area (Å²) in [5.74, 6) is 0. The van der Waals surface area contributed by atoms with Gasteiger partial charge in [0.05, 0.1) is 12.7 Å². The Hall–Kier alpha value is 0.230. The fraction of sp³-hybridized carbons (Fsp3) is 1.00. The van der Waals surface area contributed by atoms with Crippen LogP contribution in [0.5, 0.6) is 0 Å². The molecule has 17 heavy (non-hydrogen) atoms. The lowest BCUT2D eigenvalue weighted by Crippen LogP contribution is -2.49. The van der Waals surface area contributed by atoms with E-state index in [2.05, 4.69) is 30.3 Å². The van der Waals surface area contributed by atoms with Gasteiger partial charge in [0.25, 0.3) is 0 Å². The fourth-order valence-electron chi connectivity index (χ4n) is 2.39. The minimum atomic E-state index is 0.379. The first-order valence-electron chi connectivity index (χ1n) is 6.77. The van der Waals surface area contributed by atoms with E-state index in [1.54, 1.807) is 0 Å². The molecule has 1 aliphatic heterocycles. The molecule has 0 radical (unpaired) electrons. The number of morpholine rings is 1. The van der Waals surface area contributed by atoms with Crippen molar-refractivity contribution in [1.29, 1.82) is 0 Å². The third kappa shape index (κ3) is 3.85. The third-order valence-corrected chi connectivity index (χ3v) is 5.38. The zero-order valence-electron chi connectivity index (χ0n) is 11.4. The van der Waals surface area contributed by atoms with E-state index >= 15 is 0 Å². The highest BCUT2D eigenvalue weighted by Gasteiger charge is 2.41. The number of nitrogens with one attached hydrogen (secondary N) is 1. The van der Waals surface area contributed by atoms with Crippen LogP contribution < -0.4 is 5.32 Å². The van der Waals surface area contributed by atoms with Crippen molar-refractivity contribution in [3.63, 3.8) is 0 Å². The summed E-state index contributed by atoms with van der Waals surface area (Å²) >= 11 is 2.02. The minimum Gasteiger partial charge on any atom is -0.374 e. The second-order valence-corrected chi connectivity index (χ2v) is 6.87. The maximum Gasteiger partial charge on any atom is 0.0826 e. The quantitative estimate of drug-likeness (QED) is 0.782. The Morgan fingerprint density at radius 2 is 2.24 bits per heavy atom. The number of nitrogens with zero attached hydrogens (tertiary/aromatic N) is 1. The largest absolute Gasteiger partial charge is 0.374 e. The number of thioether (sulfide) groups is 1. The van der Waals surface area contributed by atoms with Crippen molar-refractivity contribution < 1.29 is 4.74 Å². The van der Waals surface area contributed by atoms with E-state index in [1.165, 1.54) is 12.8 Å². The van der Waals surface area contributed by atoms with Crippen molar-refractivity contribution in [1.82, 2.24) is 10.2 Å². The molecule has 1 N–H and O–H groups in total. The monoisotopic (exact) mass is 258 g/mol. The molecule has 1 saturated heterocycles. The molecule has 1 aliphatic carbocycles. The highest BCUT2D eigenvalue weighted by Crippen LogP contribution is 2.46. The summed E-state index contributed by atoms with van der Waals surface area (Å²) in [5.41, 5.74) is 0. The van der Waals surface area contributed by atoms with Gasteiger partial charge in [0.15, 0.2) is 0 Å². The van der Waals surface area contributed by atoms with Crippen LogP contribution >= 0.6 is 11.8 Å². The van der Waals surface area contributed by atoms with Crippen LogP contribution in [-0.4, -0.2) is 60.8 Å². The minimum absolute atomic E-state index is 0.379. The van der Waals surface area contributed by atoms with Gasteiger partial charge in [-0.2, -0.15) is 11.8 Å². The van der Waals surface area contributed by atoms with Crippen LogP contribution in [0.15, 0.2) is 0 Å². The first kappa shape index (κ1) is 13.7. The van der Waals surface area contributed by atoms with Crippen molar-refractivity contribution in [3.8, 4) is 0 Å². The van der Waals surface area contributed by atoms with E-state index in [0.29, 0.717) is 16.9 Å². The normalized spacial score (nSPS) is 28.6. The van der Waals surface area contributed by atoms with Gasteiger partial charge >= 0.3 is 0 Å². The molecule has 0 aromatic carbocycles. The van der Waals surface area contributed by atoms with Gasteiger partial charge < -0.3 is 10.1 Å². The van der Waals surface area contributed by atoms with Gasteiger partial charge in [-0.15, -0.1) is 0 Å². The Morgan fingerprint density at radius 1 is 1.47 bits per heavy atom. The lowest BCUT2D eigenvalue weighted by atomic mass is 10.2. The van der Waals surface area contributed by atoms with Crippen LogP contribution in [0.1, 0.15) is 26.7 Å². The zero-order chi connectivity index (χ0) is 12.3. The zero-order valence-corrected chi connectivity index (χ0v) is 12.2. The van der Waals surface area contributed by atoms with Crippen LogP contribution in [-0.2, 0) is 4.74 Å². The standard InChI is InChI=1S/C13H26N2OS/c1-11(2)15-6-7-16-12(9-15)8-14-10-13(17-3)4-5-13/h11-12,14H,4-10H2,1-3H3. The second-order valence-electron chi connectivity index (χ2n) is 5.60. The van der Waals surface area contributed by atoms with Gasteiger partial charge in [-0.1, -0.05) is 0 Å². The van der Waals surface area contributed by atoms with E-state index in [0.717, 1.165) is 32.8 Å². The number of hydrogen-bond donors (Lipinski definition) is 1. The second kappa shape index (κ2) is 5.91. The molecule has 2 fully saturated rings. The van der Waals surface area contributed by atoms with Crippen LogP contribution in [0.2, 0.25) is 0 Å². The van der Waals surface area contributed by atoms with Crippen molar-refractivity contribution in [2.45, 2.75) is 43.6 Å². The average Bonchev–Trinajstić information content (AvgIpc) is 3.10. The molecular weight excluding hydrogens is 232 g/mol. The number of hydrogen-bond acceptors (Lipinski definition) is 4. The summed E-state index contributed by atoms with van der Waals surface area (Å²) in [6.07, 6.45) is 5.37.